The van der Waals surface area contributed by atoms with Gasteiger partial charge in [-0.1, -0.05) is 18.5 Å². The van der Waals surface area contributed by atoms with Crippen LogP contribution in [0.2, 0.25) is 5.02 Å². The topological polar surface area (TPSA) is 15.3 Å². The Labute approximate surface area is 107 Å². The molecule has 0 amide bonds. The number of rotatable bonds is 2. The molecule has 1 aromatic rings. The van der Waals surface area contributed by atoms with Gasteiger partial charge in [-0.15, -0.1) is 0 Å². The molecule has 17 heavy (non-hydrogen) atoms. The van der Waals surface area contributed by atoms with Crippen molar-refractivity contribution in [1.82, 2.24) is 5.32 Å². The molecule has 0 aliphatic carbocycles. The first kappa shape index (κ1) is 12.7. The van der Waals surface area contributed by atoms with Gasteiger partial charge in [0.05, 0.1) is 5.69 Å². The zero-order valence-corrected chi connectivity index (χ0v) is 11.0. The van der Waals surface area contributed by atoms with Crippen LogP contribution in [0.4, 0.5) is 10.1 Å². The molecule has 0 radical (unpaired) electrons. The molecule has 1 aromatic carbocycles. The molecule has 0 spiro atoms. The van der Waals surface area contributed by atoms with E-state index in [2.05, 4.69) is 24.1 Å². The monoisotopic (exact) mass is 256 g/mol. The summed E-state index contributed by atoms with van der Waals surface area (Å²) in [4.78, 5) is 2.15. The van der Waals surface area contributed by atoms with Crippen LogP contribution in [-0.2, 0) is 0 Å². The van der Waals surface area contributed by atoms with Crippen LogP contribution in [0.3, 0.4) is 0 Å². The molecule has 1 heterocycles. The largest absolute Gasteiger partial charge is 0.363 e. The highest BCUT2D eigenvalue weighted by Gasteiger charge is 2.26. The molecular formula is C13H18ClFN2. The van der Waals surface area contributed by atoms with Crippen LogP contribution in [0.15, 0.2) is 18.2 Å². The van der Waals surface area contributed by atoms with Crippen molar-refractivity contribution in [2.75, 3.05) is 18.0 Å². The molecule has 4 heteroatoms. The van der Waals surface area contributed by atoms with E-state index < -0.39 is 0 Å². The number of piperazine rings is 1. The van der Waals surface area contributed by atoms with Crippen molar-refractivity contribution < 1.29 is 4.39 Å². The Morgan fingerprint density at radius 2 is 2.29 bits per heavy atom. The van der Waals surface area contributed by atoms with E-state index in [1.807, 2.05) is 0 Å². The molecule has 2 rings (SSSR count). The Kier molecular flexibility index (Phi) is 3.89. The molecule has 2 atom stereocenters. The van der Waals surface area contributed by atoms with Crippen molar-refractivity contribution in [3.63, 3.8) is 0 Å². The molecule has 2 unspecified atom stereocenters. The number of hydrogen-bond acceptors (Lipinski definition) is 2. The van der Waals surface area contributed by atoms with E-state index in [1.165, 1.54) is 6.07 Å². The van der Waals surface area contributed by atoms with Gasteiger partial charge in [0.25, 0.3) is 0 Å². The summed E-state index contributed by atoms with van der Waals surface area (Å²) in [6.07, 6.45) is 1.00. The SMILES string of the molecule is CCC1CNC(C)CN1c1ccc(Cl)cc1F. The normalized spacial score (nSPS) is 25.1. The van der Waals surface area contributed by atoms with Gasteiger partial charge >= 0.3 is 0 Å². The maximum absolute atomic E-state index is 13.9. The van der Waals surface area contributed by atoms with E-state index in [0.717, 1.165) is 19.5 Å². The lowest BCUT2D eigenvalue weighted by molar-refractivity contribution is 0.398. The van der Waals surface area contributed by atoms with E-state index >= 15 is 0 Å². The zero-order valence-electron chi connectivity index (χ0n) is 10.2. The van der Waals surface area contributed by atoms with Crippen LogP contribution in [0, 0.1) is 5.82 Å². The smallest absolute Gasteiger partial charge is 0.147 e. The predicted octanol–water partition coefficient (Wildman–Crippen LogP) is 3.06. The quantitative estimate of drug-likeness (QED) is 0.875. The van der Waals surface area contributed by atoms with Gasteiger partial charge in [-0.05, 0) is 31.5 Å². The van der Waals surface area contributed by atoms with E-state index in [-0.39, 0.29) is 5.82 Å². The van der Waals surface area contributed by atoms with Gasteiger partial charge in [0.2, 0.25) is 0 Å². The minimum absolute atomic E-state index is 0.231. The Balaban J connectivity index is 2.28. The molecular weight excluding hydrogens is 239 g/mol. The Morgan fingerprint density at radius 3 is 2.94 bits per heavy atom. The van der Waals surface area contributed by atoms with Gasteiger partial charge in [0.1, 0.15) is 5.82 Å². The number of nitrogens with one attached hydrogen (secondary N) is 1. The van der Waals surface area contributed by atoms with Gasteiger partial charge in [0, 0.05) is 30.2 Å². The number of nitrogens with zero attached hydrogens (tertiary/aromatic N) is 1. The third-order valence-electron chi connectivity index (χ3n) is 3.30. The molecule has 1 aliphatic rings. The van der Waals surface area contributed by atoms with Gasteiger partial charge in [0.15, 0.2) is 0 Å². The van der Waals surface area contributed by atoms with Gasteiger partial charge in [-0.25, -0.2) is 4.39 Å². The summed E-state index contributed by atoms with van der Waals surface area (Å²) in [6, 6.07) is 5.64. The van der Waals surface area contributed by atoms with E-state index in [0.29, 0.717) is 22.8 Å². The second kappa shape index (κ2) is 5.23. The first-order valence-electron chi connectivity index (χ1n) is 6.07. The second-order valence-corrected chi connectivity index (χ2v) is 5.06. The summed E-state index contributed by atoms with van der Waals surface area (Å²) in [5.41, 5.74) is 0.662. The average Bonchev–Trinajstić information content (AvgIpc) is 2.29. The lowest BCUT2D eigenvalue weighted by atomic mass is 10.1. The molecule has 94 valence electrons. The summed E-state index contributed by atoms with van der Waals surface area (Å²) < 4.78 is 13.9. The summed E-state index contributed by atoms with van der Waals surface area (Å²) >= 11 is 5.78. The van der Waals surface area contributed by atoms with Crippen LogP contribution in [0.1, 0.15) is 20.3 Å². The minimum Gasteiger partial charge on any atom is -0.363 e. The highest BCUT2D eigenvalue weighted by molar-refractivity contribution is 6.30. The zero-order chi connectivity index (χ0) is 12.4. The molecule has 0 aromatic heterocycles. The Morgan fingerprint density at radius 1 is 1.53 bits per heavy atom. The fraction of sp³-hybridized carbons (Fsp3) is 0.538. The predicted molar refractivity (Wildman–Crippen MR) is 70.3 cm³/mol. The first-order chi connectivity index (χ1) is 8.11. The number of halogens is 2. The molecule has 0 bridgehead atoms. The van der Waals surface area contributed by atoms with Crippen LogP contribution < -0.4 is 10.2 Å². The summed E-state index contributed by atoms with van der Waals surface area (Å²) in [5.74, 6) is -0.231. The number of anilines is 1. The van der Waals surface area contributed by atoms with Gasteiger partial charge < -0.3 is 10.2 Å². The third kappa shape index (κ3) is 2.72. The van der Waals surface area contributed by atoms with Crippen molar-refractivity contribution in [3.8, 4) is 0 Å². The van der Waals surface area contributed by atoms with Crippen LogP contribution >= 0.6 is 11.6 Å². The Hall–Kier alpha value is -0.800. The molecule has 1 N–H and O–H groups in total. The van der Waals surface area contributed by atoms with Crippen LogP contribution in [0.5, 0.6) is 0 Å². The lowest BCUT2D eigenvalue weighted by Gasteiger charge is -2.40. The van der Waals surface area contributed by atoms with Crippen molar-refractivity contribution >= 4 is 17.3 Å². The van der Waals surface area contributed by atoms with E-state index in [4.69, 9.17) is 11.6 Å². The second-order valence-electron chi connectivity index (χ2n) is 4.62. The average molecular weight is 257 g/mol. The molecule has 1 saturated heterocycles. The third-order valence-corrected chi connectivity index (χ3v) is 3.54. The first-order valence-corrected chi connectivity index (χ1v) is 6.44. The highest BCUT2D eigenvalue weighted by Crippen LogP contribution is 2.26. The molecule has 1 fully saturated rings. The van der Waals surface area contributed by atoms with E-state index in [9.17, 15) is 4.39 Å². The van der Waals surface area contributed by atoms with Gasteiger partial charge in [-0.3, -0.25) is 0 Å². The maximum Gasteiger partial charge on any atom is 0.147 e. The fourth-order valence-electron chi connectivity index (χ4n) is 2.33. The Bertz CT molecular complexity index is 397. The van der Waals surface area contributed by atoms with Crippen LogP contribution in [-0.4, -0.2) is 25.2 Å². The summed E-state index contributed by atoms with van der Waals surface area (Å²) in [7, 11) is 0. The van der Waals surface area contributed by atoms with Crippen molar-refractivity contribution in [1.29, 1.82) is 0 Å². The number of benzene rings is 1. The van der Waals surface area contributed by atoms with Crippen molar-refractivity contribution in [3.05, 3.63) is 29.0 Å². The molecule has 2 nitrogen and oxygen atoms in total. The van der Waals surface area contributed by atoms with Gasteiger partial charge in [-0.2, -0.15) is 0 Å². The molecule has 1 aliphatic heterocycles. The summed E-state index contributed by atoms with van der Waals surface area (Å²) in [6.45, 7) is 5.98. The maximum atomic E-state index is 13.9. The standard InChI is InChI=1S/C13H18ClFN2/c1-3-11-7-16-9(2)8-17(11)13-5-4-10(14)6-12(13)15/h4-6,9,11,16H,3,7-8H2,1-2H3. The van der Waals surface area contributed by atoms with Crippen molar-refractivity contribution in [2.24, 2.45) is 0 Å². The minimum atomic E-state index is -0.231. The molecule has 0 saturated carbocycles. The van der Waals surface area contributed by atoms with Crippen molar-refractivity contribution in [2.45, 2.75) is 32.4 Å². The summed E-state index contributed by atoms with van der Waals surface area (Å²) in [5, 5.41) is 3.87. The number of hydrogen-bond donors (Lipinski definition) is 1. The lowest BCUT2D eigenvalue weighted by Crippen LogP contribution is -2.55. The fourth-order valence-corrected chi connectivity index (χ4v) is 2.49. The van der Waals surface area contributed by atoms with Crippen LogP contribution in [0.25, 0.3) is 0 Å². The highest BCUT2D eigenvalue weighted by atomic mass is 35.5. The van der Waals surface area contributed by atoms with E-state index in [1.54, 1.807) is 12.1 Å².